The summed E-state index contributed by atoms with van der Waals surface area (Å²) in [6.07, 6.45) is 0. The van der Waals surface area contributed by atoms with E-state index in [0.717, 1.165) is 39.4 Å². The van der Waals surface area contributed by atoms with E-state index in [1.165, 1.54) is 71.5 Å². The van der Waals surface area contributed by atoms with Crippen LogP contribution in [0.3, 0.4) is 0 Å². The van der Waals surface area contributed by atoms with Gasteiger partial charge in [0, 0.05) is 33.3 Å². The first kappa shape index (κ1) is 42.7. The van der Waals surface area contributed by atoms with Crippen LogP contribution in [0.2, 0.25) is 0 Å². The van der Waals surface area contributed by atoms with Crippen LogP contribution in [0.25, 0.3) is 82.8 Å². The second-order valence-electron chi connectivity index (χ2n) is 20.2. The largest absolute Gasteiger partial charge is 0.309 e. The van der Waals surface area contributed by atoms with E-state index in [1.807, 2.05) is 0 Å². The molecule has 11 aromatic rings. The molecule has 0 amide bonds. The van der Waals surface area contributed by atoms with Crippen LogP contribution in [0.1, 0.15) is 52.7 Å². The van der Waals surface area contributed by atoms with Gasteiger partial charge in [-0.25, -0.2) is 0 Å². The van der Waals surface area contributed by atoms with Crippen LogP contribution in [0.15, 0.2) is 231 Å². The molecule has 0 saturated carbocycles. The molecule has 0 bridgehead atoms. The van der Waals surface area contributed by atoms with Crippen molar-refractivity contribution in [1.29, 1.82) is 0 Å². The molecule has 0 unspecified atom stereocenters. The molecular weight excluding hydrogens is 821 g/mol. The molecule has 2 heteroatoms. The van der Waals surface area contributed by atoms with Gasteiger partial charge in [-0.05, 0) is 121 Å². The van der Waals surface area contributed by atoms with Gasteiger partial charge in [0.25, 0.3) is 0 Å². The van der Waals surface area contributed by atoms with E-state index in [0.29, 0.717) is 0 Å². The van der Waals surface area contributed by atoms with Gasteiger partial charge in [-0.3, -0.25) is 0 Å². The van der Waals surface area contributed by atoms with Crippen molar-refractivity contribution in [3.05, 3.63) is 242 Å². The summed E-state index contributed by atoms with van der Waals surface area (Å²) in [6, 6.07) is 85.0. The van der Waals surface area contributed by atoms with Crippen molar-refractivity contribution in [3.8, 4) is 50.2 Å². The first-order valence-electron chi connectivity index (χ1n) is 23.9. The van der Waals surface area contributed by atoms with E-state index in [4.69, 9.17) is 0 Å². The van der Waals surface area contributed by atoms with E-state index >= 15 is 0 Å². The van der Waals surface area contributed by atoms with Crippen molar-refractivity contribution in [2.45, 2.75) is 52.4 Å². The summed E-state index contributed by atoms with van der Waals surface area (Å²) in [5, 5.41) is 4.95. The highest BCUT2D eigenvalue weighted by Gasteiger charge is 2.25. The third-order valence-corrected chi connectivity index (χ3v) is 13.7. The average molecular weight is 877 g/mol. The number of fused-ring (bicyclic) bond motifs is 4. The first-order chi connectivity index (χ1) is 33.0. The molecule has 11 rings (SSSR count). The Hall–Kier alpha value is -7.94. The molecule has 1 aromatic heterocycles. The van der Waals surface area contributed by atoms with E-state index in [9.17, 15) is 0 Å². The Balaban J connectivity index is 1.13. The Labute approximate surface area is 401 Å². The molecule has 0 fully saturated rings. The zero-order valence-electron chi connectivity index (χ0n) is 39.8. The first-order valence-corrected chi connectivity index (χ1v) is 23.9. The van der Waals surface area contributed by atoms with Crippen molar-refractivity contribution < 1.29 is 0 Å². The van der Waals surface area contributed by atoms with Crippen molar-refractivity contribution >= 4 is 49.6 Å². The van der Waals surface area contributed by atoms with Gasteiger partial charge in [0.05, 0.1) is 22.4 Å². The van der Waals surface area contributed by atoms with E-state index < -0.39 is 0 Å². The Morgan fingerprint density at radius 1 is 0.338 bits per heavy atom. The predicted molar refractivity (Wildman–Crippen MR) is 292 cm³/mol. The fraction of sp³-hybridized carbons (Fsp3) is 0.121. The maximum Gasteiger partial charge on any atom is 0.0541 e. The zero-order chi connectivity index (χ0) is 46.6. The minimum atomic E-state index is -0.00992. The number of hydrogen-bond acceptors (Lipinski definition) is 1. The summed E-state index contributed by atoms with van der Waals surface area (Å²) in [7, 11) is 0. The summed E-state index contributed by atoms with van der Waals surface area (Å²) in [5.41, 5.74) is 19.0. The number of para-hydroxylation sites is 4. The lowest BCUT2D eigenvalue weighted by molar-refractivity contribution is 0.569. The molecule has 0 aliphatic rings. The standard InChI is InChI=1S/C66H56N2/c1-65(2,3)50-40-49(41-51(44-50)66(4,5)6)55-33-20-24-46-25-21-34-58(64(46)55)56-31-14-17-36-61(56)68(60-35-16-13-30-54(60)45-22-9-7-10-23-45)53-29-19-26-47(42-53)48-38-39-63-59(43-48)57-32-15-18-37-62(57)67(63)52-27-11-8-12-28-52/h7-44H,1-6H3. The Morgan fingerprint density at radius 3 is 1.57 bits per heavy atom. The van der Waals surface area contributed by atoms with Crippen molar-refractivity contribution in [2.75, 3.05) is 4.90 Å². The van der Waals surface area contributed by atoms with Crippen LogP contribution in [-0.2, 0) is 10.8 Å². The molecular formula is C66H56N2. The van der Waals surface area contributed by atoms with Gasteiger partial charge in [0.1, 0.15) is 0 Å². The van der Waals surface area contributed by atoms with Crippen LogP contribution in [0, 0.1) is 0 Å². The maximum absolute atomic E-state index is 2.49. The Kier molecular flexibility index (Phi) is 10.7. The molecule has 0 aliphatic heterocycles. The maximum atomic E-state index is 2.49. The molecule has 10 aromatic carbocycles. The summed E-state index contributed by atoms with van der Waals surface area (Å²) < 4.78 is 2.38. The van der Waals surface area contributed by atoms with Crippen LogP contribution in [0.4, 0.5) is 17.1 Å². The highest BCUT2D eigenvalue weighted by Crippen LogP contribution is 2.48. The van der Waals surface area contributed by atoms with E-state index in [-0.39, 0.29) is 10.8 Å². The lowest BCUT2D eigenvalue weighted by Gasteiger charge is -2.30. The molecule has 0 aliphatic carbocycles. The SMILES string of the molecule is CC(C)(C)c1cc(-c2cccc3cccc(-c4ccccc4N(c4cccc(-c5ccc6c(c5)c5ccccc5n6-c5ccccc5)c4)c4ccccc4-c4ccccc4)c23)cc(C(C)(C)C)c1. The van der Waals surface area contributed by atoms with E-state index in [2.05, 4.69) is 282 Å². The zero-order valence-corrected chi connectivity index (χ0v) is 39.8. The molecule has 0 radical (unpaired) electrons. The molecule has 2 nitrogen and oxygen atoms in total. The number of benzene rings is 10. The molecule has 68 heavy (non-hydrogen) atoms. The van der Waals surface area contributed by atoms with Crippen molar-refractivity contribution in [1.82, 2.24) is 4.57 Å². The smallest absolute Gasteiger partial charge is 0.0541 e. The van der Waals surface area contributed by atoms with Crippen LogP contribution in [-0.4, -0.2) is 4.57 Å². The average Bonchev–Trinajstić information content (AvgIpc) is 3.70. The van der Waals surface area contributed by atoms with Gasteiger partial charge in [0.15, 0.2) is 0 Å². The number of hydrogen-bond donors (Lipinski definition) is 0. The van der Waals surface area contributed by atoms with Crippen LogP contribution < -0.4 is 4.90 Å². The van der Waals surface area contributed by atoms with Crippen molar-refractivity contribution in [2.24, 2.45) is 0 Å². The second kappa shape index (κ2) is 17.0. The summed E-state index contributed by atoms with van der Waals surface area (Å²) in [5.74, 6) is 0. The molecule has 330 valence electrons. The van der Waals surface area contributed by atoms with E-state index in [1.54, 1.807) is 0 Å². The van der Waals surface area contributed by atoms with Crippen LogP contribution >= 0.6 is 0 Å². The van der Waals surface area contributed by atoms with Gasteiger partial charge in [-0.1, -0.05) is 217 Å². The van der Waals surface area contributed by atoms with Crippen LogP contribution in [0.5, 0.6) is 0 Å². The summed E-state index contributed by atoms with van der Waals surface area (Å²) in [6.45, 7) is 13.9. The fourth-order valence-corrected chi connectivity index (χ4v) is 10.1. The van der Waals surface area contributed by atoms with Gasteiger partial charge in [-0.2, -0.15) is 0 Å². The topological polar surface area (TPSA) is 8.17 Å². The van der Waals surface area contributed by atoms with Gasteiger partial charge >= 0.3 is 0 Å². The van der Waals surface area contributed by atoms with Crippen molar-refractivity contribution in [3.63, 3.8) is 0 Å². The molecule has 0 atom stereocenters. The summed E-state index contributed by atoms with van der Waals surface area (Å²) in [4.78, 5) is 2.49. The minimum Gasteiger partial charge on any atom is -0.309 e. The minimum absolute atomic E-state index is 0.00992. The third kappa shape index (κ3) is 7.76. The number of aromatic nitrogens is 1. The second-order valence-corrected chi connectivity index (χ2v) is 20.2. The normalized spacial score (nSPS) is 12.0. The lowest BCUT2D eigenvalue weighted by atomic mass is 9.78. The number of nitrogens with zero attached hydrogens (tertiary/aromatic N) is 2. The molecule has 0 saturated heterocycles. The fourth-order valence-electron chi connectivity index (χ4n) is 10.1. The molecule has 1 heterocycles. The quantitative estimate of drug-likeness (QED) is 0.148. The molecule has 0 N–H and O–H groups in total. The predicted octanol–water partition coefficient (Wildman–Crippen LogP) is 18.7. The summed E-state index contributed by atoms with van der Waals surface area (Å²) >= 11 is 0. The number of rotatable bonds is 8. The van der Waals surface area contributed by atoms with Gasteiger partial charge in [-0.15, -0.1) is 0 Å². The monoisotopic (exact) mass is 876 g/mol. The third-order valence-electron chi connectivity index (χ3n) is 13.7. The number of anilines is 3. The Morgan fingerprint density at radius 2 is 0.868 bits per heavy atom. The highest BCUT2D eigenvalue weighted by molar-refractivity contribution is 6.11. The van der Waals surface area contributed by atoms with Gasteiger partial charge < -0.3 is 9.47 Å². The van der Waals surface area contributed by atoms with Gasteiger partial charge in [0.2, 0.25) is 0 Å². The lowest BCUT2D eigenvalue weighted by Crippen LogP contribution is -2.16. The Bertz CT molecular complexity index is 3600. The molecule has 0 spiro atoms. The highest BCUT2D eigenvalue weighted by atomic mass is 15.1.